The number of rotatable bonds is 3. The maximum atomic E-state index is 12.8. The van der Waals surface area contributed by atoms with Crippen LogP contribution in [-0.4, -0.2) is 47.2 Å². The fraction of sp³-hybridized carbons (Fsp3) is 0.556. The van der Waals surface area contributed by atoms with Gasteiger partial charge in [0.2, 0.25) is 5.91 Å². The summed E-state index contributed by atoms with van der Waals surface area (Å²) >= 11 is 0. The fourth-order valence-electron chi connectivity index (χ4n) is 3.89. The number of hydrogen-bond acceptors (Lipinski definition) is 4. The van der Waals surface area contributed by atoms with Gasteiger partial charge in [-0.25, -0.2) is 0 Å². The minimum Gasteiger partial charge on any atom is -0.484 e. The molecule has 2 fully saturated rings. The zero-order valence-electron chi connectivity index (χ0n) is 13.2. The molecule has 1 aromatic rings. The molecule has 5 heteroatoms. The number of fused-ring (bicyclic) bond motifs is 1. The van der Waals surface area contributed by atoms with Crippen LogP contribution in [0.2, 0.25) is 0 Å². The molecule has 0 bridgehead atoms. The molecular weight excluding hydrogens is 292 g/mol. The highest BCUT2D eigenvalue weighted by Crippen LogP contribution is 2.33. The molecule has 4 rings (SSSR count). The number of pyridine rings is 1. The van der Waals surface area contributed by atoms with E-state index in [0.717, 1.165) is 50.0 Å². The van der Waals surface area contributed by atoms with Gasteiger partial charge in [0.1, 0.15) is 18.0 Å². The van der Waals surface area contributed by atoms with Crippen LogP contribution < -0.4 is 4.74 Å². The van der Waals surface area contributed by atoms with Crippen LogP contribution in [0.3, 0.4) is 0 Å². The van der Waals surface area contributed by atoms with Gasteiger partial charge >= 0.3 is 0 Å². The topological polar surface area (TPSA) is 51.7 Å². The number of carbonyl (C=O) groups excluding carboxylic acids is 1. The Bertz CT molecular complexity index is 602. The van der Waals surface area contributed by atoms with Crippen LogP contribution in [0.15, 0.2) is 36.2 Å². The van der Waals surface area contributed by atoms with E-state index in [1.165, 1.54) is 0 Å². The van der Waals surface area contributed by atoms with E-state index < -0.39 is 0 Å². The highest BCUT2D eigenvalue weighted by atomic mass is 16.5. The molecule has 0 spiro atoms. The van der Waals surface area contributed by atoms with Crippen LogP contribution in [0.1, 0.15) is 32.1 Å². The van der Waals surface area contributed by atoms with Crippen LogP contribution in [0.25, 0.3) is 0 Å². The van der Waals surface area contributed by atoms with Gasteiger partial charge in [0.05, 0.1) is 18.8 Å². The Kier molecular flexibility index (Phi) is 4.04. The molecule has 3 aliphatic rings. The molecule has 1 aliphatic carbocycles. The second kappa shape index (κ2) is 6.32. The number of likely N-dealkylation sites (tertiary alicyclic amines) is 1. The first-order valence-corrected chi connectivity index (χ1v) is 8.51. The lowest BCUT2D eigenvalue weighted by atomic mass is 10.0. The molecule has 1 aromatic heterocycles. The van der Waals surface area contributed by atoms with Crippen molar-refractivity contribution in [2.45, 2.75) is 50.4 Å². The Balaban J connectivity index is 1.53. The van der Waals surface area contributed by atoms with Crippen molar-refractivity contribution >= 4 is 5.91 Å². The van der Waals surface area contributed by atoms with E-state index in [1.54, 1.807) is 12.4 Å². The van der Waals surface area contributed by atoms with Crippen molar-refractivity contribution in [3.8, 4) is 5.75 Å². The molecule has 1 amide bonds. The largest absolute Gasteiger partial charge is 0.484 e. The van der Waals surface area contributed by atoms with E-state index in [1.807, 2.05) is 17.0 Å². The van der Waals surface area contributed by atoms with E-state index in [-0.39, 0.29) is 24.2 Å². The Hall–Kier alpha value is -1.88. The Morgan fingerprint density at radius 2 is 2.35 bits per heavy atom. The number of amides is 1. The molecule has 23 heavy (non-hydrogen) atoms. The molecule has 122 valence electrons. The number of hydrogen-bond donors (Lipinski definition) is 0. The van der Waals surface area contributed by atoms with Crippen LogP contribution >= 0.6 is 0 Å². The zero-order valence-corrected chi connectivity index (χ0v) is 13.2. The monoisotopic (exact) mass is 314 g/mol. The van der Waals surface area contributed by atoms with Crippen molar-refractivity contribution < 1.29 is 14.3 Å². The summed E-state index contributed by atoms with van der Waals surface area (Å²) in [6.07, 6.45) is 10.4. The van der Waals surface area contributed by atoms with Gasteiger partial charge in [-0.1, -0.05) is 6.08 Å². The first-order valence-electron chi connectivity index (χ1n) is 8.51. The summed E-state index contributed by atoms with van der Waals surface area (Å²) in [4.78, 5) is 18.9. The summed E-state index contributed by atoms with van der Waals surface area (Å²) in [7, 11) is 0. The third kappa shape index (κ3) is 2.85. The maximum absolute atomic E-state index is 12.8. The summed E-state index contributed by atoms with van der Waals surface area (Å²) in [6.45, 7) is 1.35. The minimum atomic E-state index is -0.115. The molecule has 2 aliphatic heterocycles. The molecule has 0 unspecified atom stereocenters. The SMILES string of the molecule is O=C(C1=CCCC1)N1C[C@@H](Oc2cccnc2)[C@H]2OCCC[C@H]21. The Morgan fingerprint density at radius 3 is 3.13 bits per heavy atom. The van der Waals surface area contributed by atoms with Gasteiger partial charge in [0.25, 0.3) is 0 Å². The number of aromatic nitrogens is 1. The van der Waals surface area contributed by atoms with Crippen LogP contribution in [0.4, 0.5) is 0 Å². The summed E-state index contributed by atoms with van der Waals surface area (Å²) in [6, 6.07) is 3.89. The van der Waals surface area contributed by atoms with Gasteiger partial charge in [0, 0.05) is 18.4 Å². The summed E-state index contributed by atoms with van der Waals surface area (Å²) < 4.78 is 12.1. The molecule has 3 atom stereocenters. The average Bonchev–Trinajstić information content (AvgIpc) is 3.24. The van der Waals surface area contributed by atoms with Crippen LogP contribution in [-0.2, 0) is 9.53 Å². The van der Waals surface area contributed by atoms with Crippen molar-refractivity contribution in [3.05, 3.63) is 36.2 Å². The lowest BCUT2D eigenvalue weighted by Crippen LogP contribution is -2.44. The quantitative estimate of drug-likeness (QED) is 0.859. The molecule has 5 nitrogen and oxygen atoms in total. The third-order valence-electron chi connectivity index (χ3n) is 4.98. The second-order valence-electron chi connectivity index (χ2n) is 6.47. The van der Waals surface area contributed by atoms with E-state index in [2.05, 4.69) is 11.1 Å². The third-order valence-corrected chi connectivity index (χ3v) is 4.98. The lowest BCUT2D eigenvalue weighted by Gasteiger charge is -2.32. The highest BCUT2D eigenvalue weighted by Gasteiger charge is 2.47. The predicted molar refractivity (Wildman–Crippen MR) is 85.1 cm³/mol. The minimum absolute atomic E-state index is 0.0325. The number of ether oxygens (including phenoxy) is 2. The lowest BCUT2D eigenvalue weighted by molar-refractivity contribution is -0.130. The first-order chi connectivity index (χ1) is 11.3. The van der Waals surface area contributed by atoms with E-state index >= 15 is 0 Å². The van der Waals surface area contributed by atoms with Crippen molar-refractivity contribution in [1.82, 2.24) is 9.88 Å². The van der Waals surface area contributed by atoms with Crippen LogP contribution in [0, 0.1) is 0 Å². The van der Waals surface area contributed by atoms with E-state index in [0.29, 0.717) is 6.54 Å². The van der Waals surface area contributed by atoms with Gasteiger partial charge in [-0.2, -0.15) is 0 Å². The maximum Gasteiger partial charge on any atom is 0.249 e. The fourth-order valence-corrected chi connectivity index (χ4v) is 3.89. The molecule has 3 heterocycles. The van der Waals surface area contributed by atoms with Gasteiger partial charge < -0.3 is 14.4 Å². The molecule has 0 aromatic carbocycles. The molecule has 0 saturated carbocycles. The van der Waals surface area contributed by atoms with Gasteiger partial charge in [-0.15, -0.1) is 0 Å². The van der Waals surface area contributed by atoms with E-state index in [4.69, 9.17) is 9.47 Å². The van der Waals surface area contributed by atoms with Crippen molar-refractivity contribution in [1.29, 1.82) is 0 Å². The molecule has 0 radical (unpaired) electrons. The number of nitrogens with zero attached hydrogens (tertiary/aromatic N) is 2. The number of carbonyl (C=O) groups is 1. The van der Waals surface area contributed by atoms with Crippen molar-refractivity contribution in [2.24, 2.45) is 0 Å². The molecular formula is C18H22N2O3. The number of allylic oxidation sites excluding steroid dienone is 1. The normalized spacial score (nSPS) is 30.0. The second-order valence-corrected chi connectivity index (χ2v) is 6.47. The average molecular weight is 314 g/mol. The summed E-state index contributed by atoms with van der Waals surface area (Å²) in [5.41, 5.74) is 0.969. The van der Waals surface area contributed by atoms with E-state index in [9.17, 15) is 4.79 Å². The Labute approximate surface area is 136 Å². The van der Waals surface area contributed by atoms with Gasteiger partial charge in [0.15, 0.2) is 0 Å². The van der Waals surface area contributed by atoms with Crippen molar-refractivity contribution in [2.75, 3.05) is 13.2 Å². The van der Waals surface area contributed by atoms with Crippen LogP contribution in [0.5, 0.6) is 5.75 Å². The predicted octanol–water partition coefficient (Wildman–Crippen LogP) is 2.33. The molecule has 0 N–H and O–H groups in total. The highest BCUT2D eigenvalue weighted by molar-refractivity contribution is 5.94. The summed E-state index contributed by atoms with van der Waals surface area (Å²) in [5.74, 6) is 0.917. The van der Waals surface area contributed by atoms with Crippen molar-refractivity contribution in [3.63, 3.8) is 0 Å². The Morgan fingerprint density at radius 1 is 1.39 bits per heavy atom. The smallest absolute Gasteiger partial charge is 0.249 e. The van der Waals surface area contributed by atoms with Gasteiger partial charge in [-0.3, -0.25) is 9.78 Å². The van der Waals surface area contributed by atoms with Gasteiger partial charge in [-0.05, 0) is 44.2 Å². The molecule has 2 saturated heterocycles. The first kappa shape index (κ1) is 14.7. The summed E-state index contributed by atoms with van der Waals surface area (Å²) in [5, 5.41) is 0. The standard InChI is InChI=1S/C18H22N2O3/c21-18(13-5-1-2-6-13)20-12-16(17-15(20)8-4-10-22-17)23-14-7-3-9-19-11-14/h3,5,7,9,11,15-17H,1-2,4,6,8,10,12H2/t15-,16-,17+/m1/s1. The zero-order chi connectivity index (χ0) is 15.6.